The summed E-state index contributed by atoms with van der Waals surface area (Å²) >= 11 is 0. The van der Waals surface area contributed by atoms with Gasteiger partial charge in [0.2, 0.25) is 0 Å². The molecule has 1 N–H and O–H groups in total. The Bertz CT molecular complexity index is 519. The summed E-state index contributed by atoms with van der Waals surface area (Å²) in [5.74, 6) is 0.763. The lowest BCUT2D eigenvalue weighted by Gasteiger charge is -2.23. The third-order valence-electron chi connectivity index (χ3n) is 4.68. The number of hydrogen-bond acceptors (Lipinski definition) is 2. The van der Waals surface area contributed by atoms with Crippen molar-refractivity contribution in [3.05, 3.63) is 29.3 Å². The number of nitrogens with one attached hydrogen (secondary N) is 1. The van der Waals surface area contributed by atoms with Gasteiger partial charge in [-0.15, -0.1) is 0 Å². The van der Waals surface area contributed by atoms with Crippen LogP contribution in [0.3, 0.4) is 0 Å². The van der Waals surface area contributed by atoms with Crippen molar-refractivity contribution in [2.75, 3.05) is 6.61 Å². The normalized spacial score (nSPS) is 19.8. The van der Waals surface area contributed by atoms with E-state index >= 15 is 0 Å². The monoisotopic (exact) mass is 327 g/mol. The molecule has 0 bridgehead atoms. The van der Waals surface area contributed by atoms with Gasteiger partial charge >= 0.3 is 6.18 Å². The SMILES string of the molecule is FC(F)(F)COc1ccc(CNC2CCCCC2)cc1C1CC1. The number of rotatable bonds is 6. The van der Waals surface area contributed by atoms with E-state index in [-0.39, 0.29) is 0 Å². The molecule has 0 unspecified atom stereocenters. The van der Waals surface area contributed by atoms with Crippen LogP contribution in [-0.2, 0) is 6.54 Å². The fourth-order valence-electron chi connectivity index (χ4n) is 3.28. The topological polar surface area (TPSA) is 21.3 Å². The maximum absolute atomic E-state index is 12.4. The van der Waals surface area contributed by atoms with Crippen molar-refractivity contribution in [3.63, 3.8) is 0 Å². The van der Waals surface area contributed by atoms with E-state index in [1.807, 2.05) is 12.1 Å². The molecule has 0 aliphatic heterocycles. The van der Waals surface area contributed by atoms with Crippen LogP contribution in [0.25, 0.3) is 0 Å². The lowest BCUT2D eigenvalue weighted by Crippen LogP contribution is -2.30. The lowest BCUT2D eigenvalue weighted by molar-refractivity contribution is -0.153. The van der Waals surface area contributed by atoms with Crippen molar-refractivity contribution < 1.29 is 17.9 Å². The van der Waals surface area contributed by atoms with Crippen LogP contribution in [0.4, 0.5) is 13.2 Å². The fraction of sp³-hybridized carbons (Fsp3) is 0.667. The van der Waals surface area contributed by atoms with Gasteiger partial charge in [-0.05, 0) is 48.8 Å². The molecule has 0 amide bonds. The lowest BCUT2D eigenvalue weighted by atomic mass is 9.95. The molecule has 0 radical (unpaired) electrons. The van der Waals surface area contributed by atoms with Gasteiger partial charge in [-0.25, -0.2) is 0 Å². The van der Waals surface area contributed by atoms with Crippen LogP contribution in [0.1, 0.15) is 62.0 Å². The van der Waals surface area contributed by atoms with E-state index in [0.717, 1.165) is 30.5 Å². The van der Waals surface area contributed by atoms with Crippen LogP contribution >= 0.6 is 0 Å². The highest BCUT2D eigenvalue weighted by molar-refractivity contribution is 5.42. The van der Waals surface area contributed by atoms with E-state index in [9.17, 15) is 13.2 Å². The van der Waals surface area contributed by atoms with Gasteiger partial charge in [0.15, 0.2) is 6.61 Å². The molecule has 2 aliphatic rings. The fourth-order valence-corrected chi connectivity index (χ4v) is 3.28. The molecule has 0 heterocycles. The highest BCUT2D eigenvalue weighted by Gasteiger charge is 2.31. The van der Waals surface area contributed by atoms with Gasteiger partial charge in [0.25, 0.3) is 0 Å². The average molecular weight is 327 g/mol. The predicted molar refractivity (Wildman–Crippen MR) is 83.7 cm³/mol. The molecule has 23 heavy (non-hydrogen) atoms. The van der Waals surface area contributed by atoms with Crippen LogP contribution < -0.4 is 10.1 Å². The maximum Gasteiger partial charge on any atom is 0.422 e. The molecular weight excluding hydrogens is 303 g/mol. The van der Waals surface area contributed by atoms with Crippen LogP contribution in [0.2, 0.25) is 0 Å². The van der Waals surface area contributed by atoms with Gasteiger partial charge < -0.3 is 10.1 Å². The second-order valence-electron chi connectivity index (χ2n) is 6.77. The first-order chi connectivity index (χ1) is 11.0. The Kier molecular flexibility index (Phi) is 5.14. The number of hydrogen-bond donors (Lipinski definition) is 1. The number of halogens is 3. The van der Waals surface area contributed by atoms with Crippen molar-refractivity contribution in [2.45, 2.75) is 69.6 Å². The molecule has 0 atom stereocenters. The minimum atomic E-state index is -4.29. The van der Waals surface area contributed by atoms with Crippen molar-refractivity contribution in [1.29, 1.82) is 0 Å². The summed E-state index contributed by atoms with van der Waals surface area (Å²) in [4.78, 5) is 0. The summed E-state index contributed by atoms with van der Waals surface area (Å²) in [6, 6.07) is 6.19. The third-order valence-corrected chi connectivity index (χ3v) is 4.68. The van der Waals surface area contributed by atoms with E-state index < -0.39 is 12.8 Å². The second kappa shape index (κ2) is 7.12. The number of benzene rings is 1. The quantitative estimate of drug-likeness (QED) is 0.800. The zero-order valence-electron chi connectivity index (χ0n) is 13.3. The Morgan fingerprint density at radius 1 is 1.04 bits per heavy atom. The van der Waals surface area contributed by atoms with Gasteiger partial charge in [-0.1, -0.05) is 31.4 Å². The Labute approximate surface area is 135 Å². The minimum absolute atomic E-state index is 0.368. The standard InChI is InChI=1S/C18H24F3NO/c19-18(20,21)12-23-17-9-6-13(10-16(17)14-7-8-14)11-22-15-4-2-1-3-5-15/h6,9-10,14-15,22H,1-5,7-8,11-12H2. The smallest absolute Gasteiger partial charge is 0.422 e. The molecule has 2 nitrogen and oxygen atoms in total. The van der Waals surface area contributed by atoms with Crippen LogP contribution in [0.15, 0.2) is 18.2 Å². The molecule has 1 aromatic carbocycles. The van der Waals surface area contributed by atoms with Crippen molar-refractivity contribution in [3.8, 4) is 5.75 Å². The Morgan fingerprint density at radius 2 is 1.78 bits per heavy atom. The predicted octanol–water partition coefficient (Wildman–Crippen LogP) is 4.93. The van der Waals surface area contributed by atoms with Gasteiger partial charge in [0, 0.05) is 12.6 Å². The second-order valence-corrected chi connectivity index (χ2v) is 6.77. The summed E-state index contributed by atoms with van der Waals surface area (Å²) in [5, 5.41) is 3.58. The van der Waals surface area contributed by atoms with Gasteiger partial charge in [0.05, 0.1) is 0 Å². The minimum Gasteiger partial charge on any atom is -0.484 e. The number of ether oxygens (including phenoxy) is 1. The first-order valence-electron chi connectivity index (χ1n) is 8.57. The van der Waals surface area contributed by atoms with E-state index in [4.69, 9.17) is 4.74 Å². The Hall–Kier alpha value is -1.23. The average Bonchev–Trinajstić information content (AvgIpc) is 3.36. The molecule has 0 saturated heterocycles. The summed E-state index contributed by atoms with van der Waals surface area (Å²) < 4.78 is 42.1. The van der Waals surface area contributed by atoms with E-state index in [2.05, 4.69) is 5.32 Å². The summed E-state index contributed by atoms with van der Waals surface area (Å²) in [6.07, 6.45) is 4.15. The molecule has 2 aliphatic carbocycles. The van der Waals surface area contributed by atoms with E-state index in [0.29, 0.717) is 17.7 Å². The van der Waals surface area contributed by atoms with Gasteiger partial charge in [0.1, 0.15) is 5.75 Å². The molecule has 0 spiro atoms. The summed E-state index contributed by atoms with van der Waals surface area (Å²) in [6.45, 7) is -0.434. The molecule has 128 valence electrons. The van der Waals surface area contributed by atoms with E-state index in [1.165, 1.54) is 32.1 Å². The zero-order chi connectivity index (χ0) is 16.3. The van der Waals surface area contributed by atoms with Crippen molar-refractivity contribution in [1.82, 2.24) is 5.32 Å². The molecule has 3 rings (SSSR count). The molecule has 2 saturated carbocycles. The third kappa shape index (κ3) is 5.13. The van der Waals surface area contributed by atoms with Crippen molar-refractivity contribution >= 4 is 0 Å². The van der Waals surface area contributed by atoms with Crippen molar-refractivity contribution in [2.24, 2.45) is 0 Å². The number of alkyl halides is 3. The largest absolute Gasteiger partial charge is 0.484 e. The van der Waals surface area contributed by atoms with E-state index in [1.54, 1.807) is 6.07 Å². The highest BCUT2D eigenvalue weighted by atomic mass is 19.4. The van der Waals surface area contributed by atoms with Crippen LogP contribution in [-0.4, -0.2) is 18.8 Å². The molecule has 0 aromatic heterocycles. The zero-order valence-corrected chi connectivity index (χ0v) is 13.3. The van der Waals surface area contributed by atoms with Crippen LogP contribution in [0.5, 0.6) is 5.75 Å². The van der Waals surface area contributed by atoms with Gasteiger partial charge in [-0.2, -0.15) is 13.2 Å². The summed E-state index contributed by atoms with van der Waals surface area (Å²) in [5.41, 5.74) is 2.08. The summed E-state index contributed by atoms with van der Waals surface area (Å²) in [7, 11) is 0. The Morgan fingerprint density at radius 3 is 2.43 bits per heavy atom. The highest BCUT2D eigenvalue weighted by Crippen LogP contribution is 2.45. The van der Waals surface area contributed by atoms with Crippen LogP contribution in [0, 0.1) is 0 Å². The first-order valence-corrected chi connectivity index (χ1v) is 8.57. The molecule has 1 aromatic rings. The molecule has 5 heteroatoms. The molecule has 2 fully saturated rings. The maximum atomic E-state index is 12.4. The molecular formula is C18H24F3NO. The van der Waals surface area contributed by atoms with Gasteiger partial charge in [-0.3, -0.25) is 0 Å². The first kappa shape index (κ1) is 16.6. The Balaban J connectivity index is 1.62.